The molecule has 4 heteroatoms. The van der Waals surface area contributed by atoms with Gasteiger partial charge in [-0.25, -0.2) is 8.78 Å². The first-order chi connectivity index (χ1) is 8.65. The van der Waals surface area contributed by atoms with Gasteiger partial charge in [-0.05, 0) is 30.9 Å². The van der Waals surface area contributed by atoms with Crippen LogP contribution in [0.25, 0.3) is 0 Å². The number of anilines is 1. The zero-order chi connectivity index (χ0) is 13.1. The smallest absolute Gasteiger partial charge is 0.150 e. The number of halogens is 2. The molecule has 1 aromatic carbocycles. The lowest BCUT2D eigenvalue weighted by molar-refractivity contribution is 0.112. The fourth-order valence-corrected chi connectivity index (χ4v) is 2.63. The fraction of sp³-hybridized carbons (Fsp3) is 0.500. The molecular formula is C14H17F2NO. The summed E-state index contributed by atoms with van der Waals surface area (Å²) in [4.78, 5) is 12.3. The molecule has 18 heavy (non-hydrogen) atoms. The standard InChI is InChI=1S/C14H17F2NO/c1-2-3-10-4-5-17(8-10)14-12(15)6-11(9-18)7-13(14)16/h6-7,9-10H,2-5,8H2,1H3. The van der Waals surface area contributed by atoms with Crippen LogP contribution in [0, 0.1) is 17.6 Å². The maximum Gasteiger partial charge on any atom is 0.150 e. The Morgan fingerprint density at radius 2 is 2.06 bits per heavy atom. The molecule has 0 saturated carbocycles. The molecule has 1 aliphatic rings. The molecule has 0 amide bonds. The van der Waals surface area contributed by atoms with Gasteiger partial charge in [-0.15, -0.1) is 0 Å². The molecule has 0 bridgehead atoms. The molecule has 1 saturated heterocycles. The Labute approximate surface area is 106 Å². The van der Waals surface area contributed by atoms with E-state index in [1.165, 1.54) is 0 Å². The normalized spacial score (nSPS) is 19.3. The van der Waals surface area contributed by atoms with Crippen molar-refractivity contribution >= 4 is 12.0 Å². The molecule has 1 aromatic rings. The average molecular weight is 253 g/mol. The van der Waals surface area contributed by atoms with E-state index in [0.717, 1.165) is 31.4 Å². The molecule has 1 unspecified atom stereocenters. The van der Waals surface area contributed by atoms with Gasteiger partial charge in [-0.2, -0.15) is 0 Å². The van der Waals surface area contributed by atoms with E-state index in [2.05, 4.69) is 6.92 Å². The van der Waals surface area contributed by atoms with Crippen LogP contribution in [0.4, 0.5) is 14.5 Å². The van der Waals surface area contributed by atoms with Crippen molar-refractivity contribution in [1.29, 1.82) is 0 Å². The summed E-state index contributed by atoms with van der Waals surface area (Å²) in [6, 6.07) is 2.19. The van der Waals surface area contributed by atoms with Gasteiger partial charge >= 0.3 is 0 Å². The number of carbonyl (C=O) groups is 1. The van der Waals surface area contributed by atoms with Gasteiger partial charge in [0.05, 0.1) is 0 Å². The van der Waals surface area contributed by atoms with Crippen LogP contribution in [-0.2, 0) is 0 Å². The molecule has 1 aliphatic heterocycles. The molecule has 1 atom stereocenters. The molecule has 1 fully saturated rings. The number of hydrogen-bond donors (Lipinski definition) is 0. The van der Waals surface area contributed by atoms with Crippen molar-refractivity contribution in [2.75, 3.05) is 18.0 Å². The van der Waals surface area contributed by atoms with Crippen LogP contribution >= 0.6 is 0 Å². The van der Waals surface area contributed by atoms with Crippen molar-refractivity contribution in [3.05, 3.63) is 29.3 Å². The summed E-state index contributed by atoms with van der Waals surface area (Å²) in [7, 11) is 0. The lowest BCUT2D eigenvalue weighted by Crippen LogP contribution is -2.22. The summed E-state index contributed by atoms with van der Waals surface area (Å²) in [5, 5.41) is 0. The van der Waals surface area contributed by atoms with Gasteiger partial charge in [0.15, 0.2) is 0 Å². The zero-order valence-corrected chi connectivity index (χ0v) is 10.5. The van der Waals surface area contributed by atoms with Gasteiger partial charge in [-0.1, -0.05) is 13.3 Å². The van der Waals surface area contributed by atoms with Crippen molar-refractivity contribution in [3.63, 3.8) is 0 Å². The Balaban J connectivity index is 2.21. The molecule has 0 aromatic heterocycles. The van der Waals surface area contributed by atoms with E-state index >= 15 is 0 Å². The minimum absolute atomic E-state index is 0.0132. The summed E-state index contributed by atoms with van der Waals surface area (Å²) in [5.41, 5.74) is 0.0530. The van der Waals surface area contributed by atoms with E-state index in [1.807, 2.05) is 0 Å². The first kappa shape index (κ1) is 13.0. The lowest BCUT2D eigenvalue weighted by Gasteiger charge is -2.20. The fourth-order valence-electron chi connectivity index (χ4n) is 2.63. The van der Waals surface area contributed by atoms with Crippen molar-refractivity contribution in [3.8, 4) is 0 Å². The minimum atomic E-state index is -0.644. The van der Waals surface area contributed by atoms with Gasteiger partial charge < -0.3 is 4.90 Å². The second kappa shape index (κ2) is 5.46. The van der Waals surface area contributed by atoms with Crippen LogP contribution in [0.2, 0.25) is 0 Å². The highest BCUT2D eigenvalue weighted by atomic mass is 19.1. The van der Waals surface area contributed by atoms with E-state index in [1.54, 1.807) is 4.90 Å². The Morgan fingerprint density at radius 3 is 2.61 bits per heavy atom. The lowest BCUT2D eigenvalue weighted by atomic mass is 10.0. The Bertz CT molecular complexity index is 424. The van der Waals surface area contributed by atoms with Crippen LogP contribution in [0.1, 0.15) is 36.5 Å². The third-order valence-electron chi connectivity index (χ3n) is 3.47. The number of benzene rings is 1. The molecule has 1 heterocycles. The maximum atomic E-state index is 13.8. The molecule has 2 nitrogen and oxygen atoms in total. The molecule has 2 rings (SSSR count). The minimum Gasteiger partial charge on any atom is -0.367 e. The predicted octanol–water partition coefficient (Wildman–Crippen LogP) is 3.40. The van der Waals surface area contributed by atoms with E-state index in [0.29, 0.717) is 25.3 Å². The summed E-state index contributed by atoms with van der Waals surface area (Å²) in [6.07, 6.45) is 3.61. The highest BCUT2D eigenvalue weighted by Gasteiger charge is 2.26. The second-order valence-electron chi connectivity index (χ2n) is 4.84. The highest BCUT2D eigenvalue weighted by Crippen LogP contribution is 2.31. The molecule has 0 radical (unpaired) electrons. The van der Waals surface area contributed by atoms with Crippen molar-refractivity contribution < 1.29 is 13.6 Å². The van der Waals surface area contributed by atoms with E-state index in [4.69, 9.17) is 0 Å². The van der Waals surface area contributed by atoms with E-state index < -0.39 is 11.6 Å². The summed E-state index contributed by atoms with van der Waals surface area (Å²) < 4.78 is 27.6. The molecule has 0 aliphatic carbocycles. The number of nitrogens with zero attached hydrogens (tertiary/aromatic N) is 1. The Kier molecular flexibility index (Phi) is 3.94. The van der Waals surface area contributed by atoms with Gasteiger partial charge in [-0.3, -0.25) is 4.79 Å². The number of hydrogen-bond acceptors (Lipinski definition) is 2. The topological polar surface area (TPSA) is 20.3 Å². The third-order valence-corrected chi connectivity index (χ3v) is 3.47. The van der Waals surface area contributed by atoms with Gasteiger partial charge in [0.25, 0.3) is 0 Å². The van der Waals surface area contributed by atoms with E-state index in [9.17, 15) is 13.6 Å². The molecule has 98 valence electrons. The second-order valence-corrected chi connectivity index (χ2v) is 4.84. The van der Waals surface area contributed by atoms with Crippen LogP contribution in [0.15, 0.2) is 12.1 Å². The number of carbonyl (C=O) groups excluding carboxylic acids is 1. The van der Waals surface area contributed by atoms with Gasteiger partial charge in [0.2, 0.25) is 0 Å². The Morgan fingerprint density at radius 1 is 1.39 bits per heavy atom. The summed E-state index contributed by atoms with van der Waals surface area (Å²) in [6.45, 7) is 3.49. The molecular weight excluding hydrogens is 236 g/mol. The summed E-state index contributed by atoms with van der Waals surface area (Å²) >= 11 is 0. The number of aldehydes is 1. The van der Waals surface area contributed by atoms with Gasteiger partial charge in [0, 0.05) is 18.7 Å². The van der Waals surface area contributed by atoms with Crippen molar-refractivity contribution in [2.24, 2.45) is 5.92 Å². The Hall–Kier alpha value is -1.45. The van der Waals surface area contributed by atoms with Crippen LogP contribution < -0.4 is 4.90 Å². The average Bonchev–Trinajstić information content (AvgIpc) is 2.77. The first-order valence-electron chi connectivity index (χ1n) is 6.34. The largest absolute Gasteiger partial charge is 0.367 e. The van der Waals surface area contributed by atoms with Gasteiger partial charge in [0.1, 0.15) is 23.6 Å². The third kappa shape index (κ3) is 2.52. The molecule has 0 N–H and O–H groups in total. The highest BCUT2D eigenvalue weighted by molar-refractivity contribution is 5.76. The van der Waals surface area contributed by atoms with E-state index in [-0.39, 0.29) is 11.3 Å². The first-order valence-corrected chi connectivity index (χ1v) is 6.34. The molecule has 0 spiro atoms. The van der Waals surface area contributed by atoms with Crippen LogP contribution in [0.3, 0.4) is 0 Å². The maximum absolute atomic E-state index is 13.8. The monoisotopic (exact) mass is 253 g/mol. The predicted molar refractivity (Wildman–Crippen MR) is 67.0 cm³/mol. The zero-order valence-electron chi connectivity index (χ0n) is 10.5. The SMILES string of the molecule is CCCC1CCN(c2c(F)cc(C=O)cc2F)C1. The number of rotatable bonds is 4. The van der Waals surface area contributed by atoms with Crippen LogP contribution in [-0.4, -0.2) is 19.4 Å². The van der Waals surface area contributed by atoms with Crippen LogP contribution in [0.5, 0.6) is 0 Å². The summed E-state index contributed by atoms with van der Waals surface area (Å²) in [5.74, 6) is -0.775. The van der Waals surface area contributed by atoms with Crippen molar-refractivity contribution in [2.45, 2.75) is 26.2 Å². The quantitative estimate of drug-likeness (QED) is 0.766. The van der Waals surface area contributed by atoms with Crippen molar-refractivity contribution in [1.82, 2.24) is 0 Å².